The summed E-state index contributed by atoms with van der Waals surface area (Å²) < 4.78 is 0. The molecule has 1 aliphatic heterocycles. The van der Waals surface area contributed by atoms with Crippen molar-refractivity contribution in [2.45, 2.75) is 19.3 Å². The van der Waals surface area contributed by atoms with Crippen LogP contribution in [0.15, 0.2) is 36.7 Å². The highest BCUT2D eigenvalue weighted by atomic mass is 16.2. The fraction of sp³-hybridized carbons (Fsp3) is 0.474. The molecule has 0 unspecified atom stereocenters. The average molecular weight is 354 g/mol. The molecule has 26 heavy (non-hydrogen) atoms. The van der Waals surface area contributed by atoms with Crippen molar-refractivity contribution in [1.82, 2.24) is 24.8 Å². The van der Waals surface area contributed by atoms with E-state index in [9.17, 15) is 4.79 Å². The van der Waals surface area contributed by atoms with Gasteiger partial charge < -0.3 is 10.2 Å². The Morgan fingerprint density at radius 1 is 1.19 bits per heavy atom. The van der Waals surface area contributed by atoms with Crippen LogP contribution in [-0.2, 0) is 11.2 Å². The molecule has 1 aliphatic rings. The van der Waals surface area contributed by atoms with Gasteiger partial charge in [-0.2, -0.15) is 0 Å². The lowest BCUT2D eigenvalue weighted by Crippen LogP contribution is -2.41. The Labute approximate surface area is 154 Å². The summed E-state index contributed by atoms with van der Waals surface area (Å²) in [7, 11) is 3.62. The average Bonchev–Trinajstić information content (AvgIpc) is 2.64. The van der Waals surface area contributed by atoms with Crippen LogP contribution >= 0.6 is 0 Å². The summed E-state index contributed by atoms with van der Waals surface area (Å²) in [5, 5.41) is 3.14. The third-order valence-corrected chi connectivity index (χ3v) is 4.68. The lowest BCUT2D eigenvalue weighted by molar-refractivity contribution is -0.130. The van der Waals surface area contributed by atoms with E-state index >= 15 is 0 Å². The minimum Gasteiger partial charge on any atom is -0.348 e. The molecule has 0 aromatic carbocycles. The maximum atomic E-state index is 11.8. The van der Waals surface area contributed by atoms with Crippen molar-refractivity contribution in [1.29, 1.82) is 0 Å². The third-order valence-electron chi connectivity index (χ3n) is 4.68. The topological polar surface area (TPSA) is 74.2 Å². The molecule has 0 atom stereocenters. The number of rotatable bonds is 6. The van der Waals surface area contributed by atoms with Crippen LogP contribution in [0.1, 0.15) is 18.5 Å². The van der Waals surface area contributed by atoms with Crippen molar-refractivity contribution in [2.75, 3.05) is 39.0 Å². The van der Waals surface area contributed by atoms with E-state index in [-0.39, 0.29) is 5.91 Å². The number of nitrogens with one attached hydrogen (secondary N) is 1. The van der Waals surface area contributed by atoms with E-state index in [0.29, 0.717) is 18.4 Å². The quantitative estimate of drug-likeness (QED) is 0.855. The Balaban J connectivity index is 1.51. The molecular weight excluding hydrogens is 328 g/mol. The predicted molar refractivity (Wildman–Crippen MR) is 101 cm³/mol. The van der Waals surface area contributed by atoms with Gasteiger partial charge in [-0.05, 0) is 56.5 Å². The summed E-state index contributed by atoms with van der Waals surface area (Å²) >= 11 is 0. The highest BCUT2D eigenvalue weighted by molar-refractivity contribution is 5.77. The standard InChI is InChI=1S/C19H26N6O/c1-24(2)18(26)14-25-11-7-15(8-12-25)13-16-5-3-6-17(22-16)23-19-20-9-4-10-21-19/h3-6,9-10,15H,7-8,11-14H2,1-2H3,(H,20,21,22,23). The van der Waals surface area contributed by atoms with Gasteiger partial charge in [-0.1, -0.05) is 6.07 Å². The molecule has 1 fully saturated rings. The second kappa shape index (κ2) is 8.71. The lowest BCUT2D eigenvalue weighted by atomic mass is 9.92. The van der Waals surface area contributed by atoms with E-state index in [2.05, 4.69) is 31.2 Å². The minimum atomic E-state index is 0.173. The first kappa shape index (κ1) is 18.3. The Kier molecular flexibility index (Phi) is 6.12. The number of nitrogens with zero attached hydrogens (tertiary/aromatic N) is 5. The Morgan fingerprint density at radius 3 is 2.62 bits per heavy atom. The van der Waals surface area contributed by atoms with Crippen molar-refractivity contribution < 1.29 is 4.79 Å². The van der Waals surface area contributed by atoms with Crippen LogP contribution in [-0.4, -0.2) is 64.4 Å². The SMILES string of the molecule is CN(C)C(=O)CN1CCC(Cc2cccc(Nc3ncccn3)n2)CC1. The molecule has 0 spiro atoms. The Bertz CT molecular complexity index is 713. The molecule has 0 bridgehead atoms. The van der Waals surface area contributed by atoms with Gasteiger partial charge in [-0.25, -0.2) is 15.0 Å². The van der Waals surface area contributed by atoms with Gasteiger partial charge in [-0.15, -0.1) is 0 Å². The minimum absolute atomic E-state index is 0.173. The first-order valence-corrected chi connectivity index (χ1v) is 9.02. The highest BCUT2D eigenvalue weighted by Gasteiger charge is 2.22. The lowest BCUT2D eigenvalue weighted by Gasteiger charge is -2.32. The molecule has 1 amide bonds. The maximum absolute atomic E-state index is 11.8. The number of likely N-dealkylation sites (tertiary alicyclic amines) is 1. The number of carbonyl (C=O) groups excluding carboxylic acids is 1. The smallest absolute Gasteiger partial charge is 0.236 e. The molecule has 2 aromatic heterocycles. The second-order valence-electron chi connectivity index (χ2n) is 6.92. The molecule has 1 saturated heterocycles. The number of likely N-dealkylation sites (N-methyl/N-ethyl adjacent to an activating group) is 1. The molecule has 7 heteroatoms. The Hall–Kier alpha value is -2.54. The van der Waals surface area contributed by atoms with Crippen molar-refractivity contribution in [2.24, 2.45) is 5.92 Å². The fourth-order valence-electron chi connectivity index (χ4n) is 3.12. The summed E-state index contributed by atoms with van der Waals surface area (Å²) in [5.41, 5.74) is 1.08. The van der Waals surface area contributed by atoms with Crippen LogP contribution in [0.2, 0.25) is 0 Å². The van der Waals surface area contributed by atoms with E-state index in [0.717, 1.165) is 43.9 Å². The van der Waals surface area contributed by atoms with Gasteiger partial charge in [0, 0.05) is 32.2 Å². The Morgan fingerprint density at radius 2 is 1.92 bits per heavy atom. The largest absolute Gasteiger partial charge is 0.348 e. The second-order valence-corrected chi connectivity index (χ2v) is 6.92. The monoisotopic (exact) mass is 354 g/mol. The van der Waals surface area contributed by atoms with E-state index in [4.69, 9.17) is 0 Å². The number of hydrogen-bond acceptors (Lipinski definition) is 6. The maximum Gasteiger partial charge on any atom is 0.236 e. The van der Waals surface area contributed by atoms with Gasteiger partial charge >= 0.3 is 0 Å². The summed E-state index contributed by atoms with van der Waals surface area (Å²) in [6.07, 6.45) is 6.56. The van der Waals surface area contributed by atoms with Gasteiger partial charge in [0.2, 0.25) is 11.9 Å². The van der Waals surface area contributed by atoms with Gasteiger partial charge in [0.15, 0.2) is 0 Å². The molecule has 7 nitrogen and oxygen atoms in total. The zero-order valence-electron chi connectivity index (χ0n) is 15.4. The van der Waals surface area contributed by atoms with E-state index in [1.165, 1.54) is 0 Å². The van der Waals surface area contributed by atoms with Crippen LogP contribution in [0, 0.1) is 5.92 Å². The van der Waals surface area contributed by atoms with Gasteiger partial charge in [0.25, 0.3) is 0 Å². The van der Waals surface area contributed by atoms with Crippen molar-refractivity contribution >= 4 is 17.7 Å². The molecule has 0 aliphatic carbocycles. The third kappa shape index (κ3) is 5.23. The van der Waals surface area contributed by atoms with Gasteiger partial charge in [-0.3, -0.25) is 9.69 Å². The van der Waals surface area contributed by atoms with Crippen molar-refractivity contribution in [3.63, 3.8) is 0 Å². The zero-order valence-corrected chi connectivity index (χ0v) is 15.4. The van der Waals surface area contributed by atoms with Crippen LogP contribution in [0.4, 0.5) is 11.8 Å². The number of carbonyl (C=O) groups is 1. The normalized spacial score (nSPS) is 15.6. The molecule has 3 rings (SSSR count). The molecule has 0 radical (unpaired) electrons. The number of piperidine rings is 1. The molecule has 138 valence electrons. The van der Waals surface area contributed by atoms with Crippen molar-refractivity contribution in [3.05, 3.63) is 42.4 Å². The number of amides is 1. The van der Waals surface area contributed by atoms with Gasteiger partial charge in [0.05, 0.1) is 6.54 Å². The molecular formula is C19H26N6O. The number of pyridine rings is 1. The molecule has 0 saturated carbocycles. The van der Waals surface area contributed by atoms with Crippen LogP contribution in [0.5, 0.6) is 0 Å². The van der Waals surface area contributed by atoms with Crippen LogP contribution in [0.3, 0.4) is 0 Å². The van der Waals surface area contributed by atoms with E-state index in [1.807, 2.05) is 26.2 Å². The summed E-state index contributed by atoms with van der Waals surface area (Å²) in [6, 6.07) is 7.79. The molecule has 3 heterocycles. The van der Waals surface area contributed by atoms with Crippen LogP contribution in [0.25, 0.3) is 0 Å². The first-order chi connectivity index (χ1) is 12.6. The highest BCUT2D eigenvalue weighted by Crippen LogP contribution is 2.22. The predicted octanol–water partition coefficient (Wildman–Crippen LogP) is 1.96. The fourth-order valence-corrected chi connectivity index (χ4v) is 3.12. The van der Waals surface area contributed by atoms with E-state index < -0.39 is 0 Å². The number of hydrogen-bond donors (Lipinski definition) is 1. The molecule has 2 aromatic rings. The number of anilines is 2. The van der Waals surface area contributed by atoms with Crippen molar-refractivity contribution in [3.8, 4) is 0 Å². The van der Waals surface area contributed by atoms with E-state index in [1.54, 1.807) is 23.4 Å². The van der Waals surface area contributed by atoms with Gasteiger partial charge in [0.1, 0.15) is 5.82 Å². The zero-order chi connectivity index (χ0) is 18.4. The summed E-state index contributed by atoms with van der Waals surface area (Å²) in [4.78, 5) is 28.7. The molecule has 1 N–H and O–H groups in total. The first-order valence-electron chi connectivity index (χ1n) is 9.02. The summed E-state index contributed by atoms with van der Waals surface area (Å²) in [5.74, 6) is 2.10. The summed E-state index contributed by atoms with van der Waals surface area (Å²) in [6.45, 7) is 2.47. The van der Waals surface area contributed by atoms with Crippen LogP contribution < -0.4 is 5.32 Å². The number of aromatic nitrogens is 3.